The Balaban J connectivity index is 1.85. The standard InChI is InChI=1S/C20H26N6O3S/c1-13-15(11-24-8-7-22-19(24)23-12-21)30-18-16(13)17(27)26(14-5-3-4-6-14)20(28)25(18)9-10-29-2/h14H,3-11H2,1-2H3,(H,22,23). The number of aryl methyl sites for hydroxylation is 1. The van der Waals surface area contributed by atoms with E-state index in [2.05, 4.69) is 10.3 Å². The molecule has 9 nitrogen and oxygen atoms in total. The Morgan fingerprint density at radius 3 is 2.80 bits per heavy atom. The number of ether oxygens (including phenoxy) is 1. The van der Waals surface area contributed by atoms with Crippen LogP contribution >= 0.6 is 11.3 Å². The summed E-state index contributed by atoms with van der Waals surface area (Å²) in [4.78, 5) is 34.3. The van der Waals surface area contributed by atoms with E-state index in [1.165, 1.54) is 15.9 Å². The van der Waals surface area contributed by atoms with Gasteiger partial charge in [-0.3, -0.25) is 13.9 Å². The molecule has 1 saturated heterocycles. The molecule has 1 N–H and O–H groups in total. The number of methoxy groups -OCH3 is 1. The minimum absolute atomic E-state index is 0.0249. The highest BCUT2D eigenvalue weighted by molar-refractivity contribution is 7.18. The van der Waals surface area contributed by atoms with Gasteiger partial charge in [-0.15, -0.1) is 16.3 Å². The Labute approximate surface area is 178 Å². The van der Waals surface area contributed by atoms with Crippen molar-refractivity contribution in [3.63, 3.8) is 0 Å². The minimum Gasteiger partial charge on any atom is -0.383 e. The van der Waals surface area contributed by atoms with Gasteiger partial charge in [0.25, 0.3) is 5.56 Å². The molecule has 0 radical (unpaired) electrons. The van der Waals surface area contributed by atoms with Crippen LogP contribution in [-0.4, -0.2) is 46.8 Å². The van der Waals surface area contributed by atoms with E-state index in [1.807, 2.05) is 18.0 Å². The Morgan fingerprint density at radius 2 is 2.10 bits per heavy atom. The van der Waals surface area contributed by atoms with Gasteiger partial charge in [-0.1, -0.05) is 12.8 Å². The number of hydrogen-bond donors (Lipinski definition) is 1. The summed E-state index contributed by atoms with van der Waals surface area (Å²) < 4.78 is 8.41. The maximum absolute atomic E-state index is 13.4. The quantitative estimate of drug-likeness (QED) is 0.697. The predicted molar refractivity (Wildman–Crippen MR) is 116 cm³/mol. The van der Waals surface area contributed by atoms with Crippen LogP contribution in [0.15, 0.2) is 14.6 Å². The fraction of sp³-hybridized carbons (Fsp3) is 0.600. The number of aliphatic imine (C=N–C) groups is 1. The van der Waals surface area contributed by atoms with Crippen molar-refractivity contribution in [2.24, 2.45) is 4.99 Å². The molecule has 4 rings (SSSR count). The van der Waals surface area contributed by atoms with Gasteiger partial charge >= 0.3 is 5.69 Å². The number of thiophene rings is 1. The molecule has 160 valence electrons. The maximum atomic E-state index is 13.4. The Morgan fingerprint density at radius 1 is 1.33 bits per heavy atom. The largest absolute Gasteiger partial charge is 0.383 e. The summed E-state index contributed by atoms with van der Waals surface area (Å²) in [6, 6.07) is -0.0249. The van der Waals surface area contributed by atoms with Gasteiger partial charge in [-0.05, 0) is 25.3 Å². The van der Waals surface area contributed by atoms with Gasteiger partial charge in [0.05, 0.1) is 25.1 Å². The first kappa shape index (κ1) is 20.6. The number of hydrogen-bond acceptors (Lipinski definition) is 6. The molecule has 10 heteroatoms. The maximum Gasteiger partial charge on any atom is 0.332 e. The molecule has 0 atom stereocenters. The zero-order valence-corrected chi connectivity index (χ0v) is 18.1. The summed E-state index contributed by atoms with van der Waals surface area (Å²) in [7, 11) is 1.61. The minimum atomic E-state index is -0.237. The zero-order chi connectivity index (χ0) is 21.3. The van der Waals surface area contributed by atoms with Gasteiger partial charge in [0.15, 0.2) is 0 Å². The van der Waals surface area contributed by atoms with Crippen molar-refractivity contribution in [3.05, 3.63) is 31.3 Å². The molecule has 3 heterocycles. The molecule has 1 aliphatic heterocycles. The molecular formula is C20H26N6O3S. The third kappa shape index (κ3) is 3.52. The lowest BCUT2D eigenvalue weighted by molar-refractivity contribution is 0.186. The van der Waals surface area contributed by atoms with Gasteiger partial charge in [-0.2, -0.15) is 5.26 Å². The average molecular weight is 431 g/mol. The molecule has 0 amide bonds. The van der Waals surface area contributed by atoms with Crippen LogP contribution in [0.3, 0.4) is 0 Å². The normalized spacial score (nSPS) is 18.4. The van der Waals surface area contributed by atoms with Crippen LogP contribution in [-0.2, 0) is 17.8 Å². The first-order valence-electron chi connectivity index (χ1n) is 10.3. The highest BCUT2D eigenvalue weighted by Crippen LogP contribution is 2.32. The Kier molecular flexibility index (Phi) is 5.92. The highest BCUT2D eigenvalue weighted by Gasteiger charge is 2.27. The summed E-state index contributed by atoms with van der Waals surface area (Å²) >= 11 is 1.47. The van der Waals surface area contributed by atoms with Gasteiger partial charge < -0.3 is 15.0 Å². The van der Waals surface area contributed by atoms with Crippen molar-refractivity contribution < 1.29 is 4.74 Å². The summed E-state index contributed by atoms with van der Waals surface area (Å²) in [5.74, 6) is 0.550. The molecule has 2 fully saturated rings. The predicted octanol–water partition coefficient (Wildman–Crippen LogP) is 1.54. The lowest BCUT2D eigenvalue weighted by atomic mass is 10.2. The van der Waals surface area contributed by atoms with Gasteiger partial charge in [-0.25, -0.2) is 4.79 Å². The second-order valence-corrected chi connectivity index (χ2v) is 8.84. The van der Waals surface area contributed by atoms with Gasteiger partial charge in [0.1, 0.15) is 4.83 Å². The number of nitriles is 1. The van der Waals surface area contributed by atoms with Crippen molar-refractivity contribution in [3.8, 4) is 6.19 Å². The highest BCUT2D eigenvalue weighted by atomic mass is 32.1. The monoisotopic (exact) mass is 430 g/mol. The van der Waals surface area contributed by atoms with E-state index < -0.39 is 0 Å². The topological polar surface area (TPSA) is 105 Å². The van der Waals surface area contributed by atoms with Crippen LogP contribution in [0.1, 0.15) is 42.2 Å². The lowest BCUT2D eigenvalue weighted by Crippen LogP contribution is -2.42. The third-order valence-corrected chi connectivity index (χ3v) is 7.30. The van der Waals surface area contributed by atoms with E-state index in [1.54, 1.807) is 11.7 Å². The average Bonchev–Trinajstić information content (AvgIpc) is 3.45. The van der Waals surface area contributed by atoms with E-state index in [0.717, 1.165) is 49.2 Å². The second-order valence-electron chi connectivity index (χ2n) is 7.75. The summed E-state index contributed by atoms with van der Waals surface area (Å²) in [6.07, 6.45) is 5.66. The molecule has 0 unspecified atom stereocenters. The smallest absolute Gasteiger partial charge is 0.332 e. The summed E-state index contributed by atoms with van der Waals surface area (Å²) in [5.41, 5.74) is 0.487. The first-order chi connectivity index (χ1) is 14.6. The number of aromatic nitrogens is 2. The zero-order valence-electron chi connectivity index (χ0n) is 17.3. The molecule has 2 aliphatic rings. The number of nitrogens with zero attached hydrogens (tertiary/aromatic N) is 5. The fourth-order valence-electron chi connectivity index (χ4n) is 4.43. The van der Waals surface area contributed by atoms with Crippen LogP contribution in [0, 0.1) is 18.4 Å². The van der Waals surface area contributed by atoms with Crippen LogP contribution < -0.4 is 16.6 Å². The van der Waals surface area contributed by atoms with E-state index >= 15 is 0 Å². The molecule has 1 aliphatic carbocycles. The van der Waals surface area contributed by atoms with Crippen LogP contribution in [0.25, 0.3) is 10.2 Å². The Hall–Kier alpha value is -2.64. The van der Waals surface area contributed by atoms with Crippen molar-refractivity contribution >= 4 is 27.5 Å². The van der Waals surface area contributed by atoms with E-state index in [9.17, 15) is 9.59 Å². The van der Waals surface area contributed by atoms with Crippen molar-refractivity contribution in [2.75, 3.05) is 26.8 Å². The lowest BCUT2D eigenvalue weighted by Gasteiger charge is -2.16. The number of fused-ring (bicyclic) bond motifs is 1. The number of rotatable bonds is 6. The van der Waals surface area contributed by atoms with Crippen molar-refractivity contribution in [1.29, 1.82) is 5.26 Å². The fourth-order valence-corrected chi connectivity index (χ4v) is 5.76. The molecule has 2 aromatic rings. The van der Waals surface area contributed by atoms with E-state index in [-0.39, 0.29) is 17.3 Å². The van der Waals surface area contributed by atoms with Crippen LogP contribution in [0.5, 0.6) is 0 Å². The molecule has 30 heavy (non-hydrogen) atoms. The van der Waals surface area contributed by atoms with Crippen molar-refractivity contribution in [1.82, 2.24) is 19.4 Å². The Bertz CT molecular complexity index is 1130. The van der Waals surface area contributed by atoms with Crippen molar-refractivity contribution in [2.45, 2.75) is 51.7 Å². The van der Waals surface area contributed by atoms with Crippen LogP contribution in [0.4, 0.5) is 0 Å². The SMILES string of the molecule is COCCn1c(=O)n(C2CCCC2)c(=O)c2c(C)c(CN3CCN/C3=N\C#N)sc21. The second kappa shape index (κ2) is 8.62. The van der Waals surface area contributed by atoms with E-state index in [4.69, 9.17) is 10.00 Å². The molecule has 0 aromatic carbocycles. The molecule has 1 saturated carbocycles. The third-order valence-electron chi connectivity index (χ3n) is 6.01. The van der Waals surface area contributed by atoms with Gasteiger partial charge in [0, 0.05) is 31.1 Å². The molecule has 0 spiro atoms. The summed E-state index contributed by atoms with van der Waals surface area (Å²) in [6.45, 7) is 4.75. The summed E-state index contributed by atoms with van der Waals surface area (Å²) in [5, 5.41) is 12.6. The number of nitrogens with one attached hydrogen (secondary N) is 1. The van der Waals surface area contributed by atoms with Gasteiger partial charge in [0.2, 0.25) is 12.2 Å². The molecule has 2 aromatic heterocycles. The molecular weight excluding hydrogens is 404 g/mol. The van der Waals surface area contributed by atoms with Crippen LogP contribution in [0.2, 0.25) is 0 Å². The molecule has 0 bridgehead atoms. The number of guanidine groups is 1. The van der Waals surface area contributed by atoms with E-state index in [0.29, 0.717) is 35.9 Å². The first-order valence-corrected chi connectivity index (χ1v) is 11.1.